The summed E-state index contributed by atoms with van der Waals surface area (Å²) in [5, 5.41) is 6.24. The quantitative estimate of drug-likeness (QED) is 0.467. The SMILES string of the molecule is C=CCn1/c(=N/N=O)sc2cc(C)c(C)cc21. The first-order valence-electron chi connectivity index (χ1n) is 5.25. The molecule has 0 aliphatic rings. The highest BCUT2D eigenvalue weighted by atomic mass is 32.1. The van der Waals surface area contributed by atoms with Gasteiger partial charge in [0.05, 0.1) is 15.5 Å². The number of allylic oxidation sites excluding steroid dienone is 1. The van der Waals surface area contributed by atoms with E-state index in [1.807, 2.05) is 4.57 Å². The van der Waals surface area contributed by atoms with Crippen LogP contribution in [0.5, 0.6) is 0 Å². The molecule has 0 aliphatic carbocycles. The molecule has 1 aromatic heterocycles. The number of aromatic nitrogens is 1. The van der Waals surface area contributed by atoms with Crippen molar-refractivity contribution < 1.29 is 0 Å². The normalized spacial score (nSPS) is 12.0. The van der Waals surface area contributed by atoms with Gasteiger partial charge in [-0.1, -0.05) is 22.5 Å². The highest BCUT2D eigenvalue weighted by Gasteiger charge is 2.07. The van der Waals surface area contributed by atoms with Crippen molar-refractivity contribution in [2.75, 3.05) is 0 Å². The lowest BCUT2D eigenvalue weighted by Gasteiger charge is -2.03. The van der Waals surface area contributed by atoms with Crippen LogP contribution in [0.4, 0.5) is 0 Å². The van der Waals surface area contributed by atoms with E-state index in [4.69, 9.17) is 0 Å². The monoisotopic (exact) mass is 247 g/mol. The van der Waals surface area contributed by atoms with Crippen molar-refractivity contribution in [2.45, 2.75) is 20.4 Å². The minimum atomic E-state index is 0.611. The van der Waals surface area contributed by atoms with Crippen molar-refractivity contribution in [3.05, 3.63) is 45.6 Å². The number of nitroso groups, excluding NO2 is 1. The molecule has 0 saturated carbocycles. The van der Waals surface area contributed by atoms with E-state index in [1.165, 1.54) is 22.5 Å². The minimum absolute atomic E-state index is 0.611. The molecule has 1 heterocycles. The van der Waals surface area contributed by atoms with Crippen LogP contribution in [0.3, 0.4) is 0 Å². The summed E-state index contributed by atoms with van der Waals surface area (Å²) in [5.41, 5.74) is 3.52. The highest BCUT2D eigenvalue weighted by molar-refractivity contribution is 7.16. The van der Waals surface area contributed by atoms with Gasteiger partial charge in [0.25, 0.3) is 0 Å². The van der Waals surface area contributed by atoms with E-state index in [0.29, 0.717) is 11.3 Å². The molecule has 0 unspecified atom stereocenters. The molecular formula is C12H13N3OS. The summed E-state index contributed by atoms with van der Waals surface area (Å²) < 4.78 is 3.05. The van der Waals surface area contributed by atoms with Crippen LogP contribution in [0, 0.1) is 18.8 Å². The van der Waals surface area contributed by atoms with Gasteiger partial charge >= 0.3 is 0 Å². The summed E-state index contributed by atoms with van der Waals surface area (Å²) in [4.78, 5) is 10.9. The van der Waals surface area contributed by atoms with Crippen LogP contribution in [0.2, 0.25) is 0 Å². The van der Waals surface area contributed by atoms with Gasteiger partial charge in [0, 0.05) is 6.54 Å². The Morgan fingerprint density at radius 3 is 2.76 bits per heavy atom. The lowest BCUT2D eigenvalue weighted by Crippen LogP contribution is -2.13. The summed E-state index contributed by atoms with van der Waals surface area (Å²) >= 11 is 1.47. The van der Waals surface area contributed by atoms with Gasteiger partial charge in [0.1, 0.15) is 0 Å². The van der Waals surface area contributed by atoms with E-state index in [0.717, 1.165) is 10.2 Å². The van der Waals surface area contributed by atoms with Gasteiger partial charge in [0.2, 0.25) is 4.80 Å². The number of aryl methyl sites for hydroxylation is 2. The third-order valence-corrected chi connectivity index (χ3v) is 3.77. The predicted octanol–water partition coefficient (Wildman–Crippen LogP) is 3.09. The Balaban J connectivity index is 2.84. The molecule has 4 nitrogen and oxygen atoms in total. The first-order valence-corrected chi connectivity index (χ1v) is 6.07. The fraction of sp³-hybridized carbons (Fsp3) is 0.250. The second-order valence-electron chi connectivity index (χ2n) is 3.87. The molecule has 2 aromatic rings. The Labute approximate surface area is 103 Å². The van der Waals surface area contributed by atoms with Gasteiger partial charge in [0.15, 0.2) is 0 Å². The van der Waals surface area contributed by atoms with Crippen molar-refractivity contribution in [1.82, 2.24) is 4.57 Å². The van der Waals surface area contributed by atoms with Gasteiger partial charge < -0.3 is 4.57 Å². The highest BCUT2D eigenvalue weighted by Crippen LogP contribution is 2.21. The average Bonchev–Trinajstić information content (AvgIpc) is 2.59. The van der Waals surface area contributed by atoms with E-state index in [-0.39, 0.29) is 0 Å². The van der Waals surface area contributed by atoms with Crippen LogP contribution >= 0.6 is 11.3 Å². The Bertz CT molecular complexity index is 652. The van der Waals surface area contributed by atoms with Crippen molar-refractivity contribution >= 4 is 21.6 Å². The molecule has 0 atom stereocenters. The standard InChI is InChI=1S/C12H13N3OS/c1-4-5-15-10-6-8(2)9(3)7-11(10)17-12(15)13-14-16/h4,6-7H,1,5H2,2-3H3/b13-12-. The molecule has 0 saturated heterocycles. The average molecular weight is 247 g/mol. The van der Waals surface area contributed by atoms with E-state index >= 15 is 0 Å². The molecule has 0 fully saturated rings. The lowest BCUT2D eigenvalue weighted by atomic mass is 10.1. The maximum Gasteiger partial charge on any atom is 0.215 e. The van der Waals surface area contributed by atoms with E-state index in [9.17, 15) is 4.91 Å². The fourth-order valence-corrected chi connectivity index (χ4v) is 2.80. The van der Waals surface area contributed by atoms with Gasteiger partial charge in [-0.2, -0.15) is 0 Å². The number of hydrogen-bond donors (Lipinski definition) is 0. The van der Waals surface area contributed by atoms with Crippen LogP contribution in [-0.4, -0.2) is 4.57 Å². The molecule has 17 heavy (non-hydrogen) atoms. The largest absolute Gasteiger partial charge is 0.311 e. The predicted molar refractivity (Wildman–Crippen MR) is 70.8 cm³/mol. The van der Waals surface area contributed by atoms with Gasteiger partial charge in [-0.05, 0) is 37.1 Å². The third kappa shape index (κ3) is 2.06. The first kappa shape index (κ1) is 11.7. The van der Waals surface area contributed by atoms with Crippen LogP contribution < -0.4 is 4.80 Å². The van der Waals surface area contributed by atoms with E-state index in [1.54, 1.807) is 6.08 Å². The van der Waals surface area contributed by atoms with Crippen LogP contribution in [0.15, 0.2) is 35.2 Å². The number of nitrogens with zero attached hydrogens (tertiary/aromatic N) is 3. The number of benzene rings is 1. The molecule has 88 valence electrons. The van der Waals surface area contributed by atoms with Crippen molar-refractivity contribution in [3.8, 4) is 0 Å². The molecule has 0 aliphatic heterocycles. The van der Waals surface area contributed by atoms with Crippen LogP contribution in [0.25, 0.3) is 10.2 Å². The van der Waals surface area contributed by atoms with Crippen molar-refractivity contribution in [1.29, 1.82) is 0 Å². The lowest BCUT2D eigenvalue weighted by molar-refractivity contribution is 0.809. The molecular weight excluding hydrogens is 234 g/mol. The Morgan fingerprint density at radius 1 is 1.41 bits per heavy atom. The van der Waals surface area contributed by atoms with Gasteiger partial charge in [-0.15, -0.1) is 11.5 Å². The summed E-state index contributed by atoms with van der Waals surface area (Å²) in [7, 11) is 0. The maximum absolute atomic E-state index is 10.3. The minimum Gasteiger partial charge on any atom is -0.311 e. The molecule has 0 amide bonds. The smallest absolute Gasteiger partial charge is 0.215 e. The topological polar surface area (TPSA) is 46.7 Å². The Hall–Kier alpha value is -1.75. The molecule has 2 rings (SSSR count). The Kier molecular flexibility index (Phi) is 3.19. The zero-order valence-corrected chi connectivity index (χ0v) is 10.6. The van der Waals surface area contributed by atoms with Crippen LogP contribution in [-0.2, 0) is 6.54 Å². The zero-order chi connectivity index (χ0) is 12.4. The summed E-state index contributed by atoms with van der Waals surface area (Å²) in [5.74, 6) is 0. The third-order valence-electron chi connectivity index (χ3n) is 2.74. The summed E-state index contributed by atoms with van der Waals surface area (Å²) in [6.07, 6.45) is 1.78. The zero-order valence-electron chi connectivity index (χ0n) is 9.80. The molecule has 5 heteroatoms. The summed E-state index contributed by atoms with van der Waals surface area (Å²) in [6, 6.07) is 4.22. The molecule has 0 radical (unpaired) electrons. The van der Waals surface area contributed by atoms with E-state index in [2.05, 4.69) is 42.9 Å². The van der Waals surface area contributed by atoms with Crippen molar-refractivity contribution in [3.63, 3.8) is 0 Å². The Morgan fingerprint density at radius 2 is 2.12 bits per heavy atom. The molecule has 0 bridgehead atoms. The van der Waals surface area contributed by atoms with Crippen LogP contribution in [0.1, 0.15) is 11.1 Å². The maximum atomic E-state index is 10.3. The number of hydrogen-bond acceptors (Lipinski definition) is 3. The molecule has 0 N–H and O–H groups in total. The number of fused-ring (bicyclic) bond motifs is 1. The number of thiazole rings is 1. The number of rotatable bonds is 3. The molecule has 1 aromatic carbocycles. The summed E-state index contributed by atoms with van der Waals surface area (Å²) in [6.45, 7) is 8.48. The van der Waals surface area contributed by atoms with E-state index < -0.39 is 0 Å². The van der Waals surface area contributed by atoms with Gasteiger partial charge in [-0.25, -0.2) is 0 Å². The first-order chi connectivity index (χ1) is 8.17. The molecule has 0 spiro atoms. The van der Waals surface area contributed by atoms with Crippen molar-refractivity contribution in [2.24, 2.45) is 10.4 Å². The second-order valence-corrected chi connectivity index (χ2v) is 4.88. The van der Waals surface area contributed by atoms with Gasteiger partial charge in [-0.3, -0.25) is 0 Å². The second kappa shape index (κ2) is 4.63. The fourth-order valence-electron chi connectivity index (χ4n) is 1.74.